The van der Waals surface area contributed by atoms with Crippen LogP contribution in [-0.4, -0.2) is 29.9 Å². The first-order valence-electron chi connectivity index (χ1n) is 9.16. The molecule has 0 saturated carbocycles. The zero-order valence-electron chi connectivity index (χ0n) is 15.9. The molecule has 1 aromatic heterocycles. The van der Waals surface area contributed by atoms with Gasteiger partial charge in [-0.1, -0.05) is 49.9 Å². The van der Waals surface area contributed by atoms with Crippen LogP contribution in [0, 0.1) is 5.92 Å². The van der Waals surface area contributed by atoms with Gasteiger partial charge < -0.3 is 10.6 Å². The van der Waals surface area contributed by atoms with Crippen LogP contribution in [-0.2, 0) is 10.5 Å². The topological polar surface area (TPSA) is 71.1 Å². The molecule has 0 saturated heterocycles. The number of carbonyl (C=O) groups excluding carboxylic acids is 2. The first kappa shape index (κ1) is 20.4. The van der Waals surface area contributed by atoms with Crippen molar-refractivity contribution in [2.45, 2.75) is 23.9 Å². The molecule has 3 aromatic rings. The van der Waals surface area contributed by atoms with Crippen molar-refractivity contribution in [3.8, 4) is 0 Å². The highest BCUT2D eigenvalue weighted by Crippen LogP contribution is 2.31. The summed E-state index contributed by atoms with van der Waals surface area (Å²) in [5, 5.41) is 5.60. The maximum atomic E-state index is 12.2. The second-order valence-electron chi connectivity index (χ2n) is 6.63. The van der Waals surface area contributed by atoms with E-state index in [0.717, 1.165) is 21.2 Å². The highest BCUT2D eigenvalue weighted by molar-refractivity contribution is 8.00. The van der Waals surface area contributed by atoms with Crippen molar-refractivity contribution in [2.24, 2.45) is 5.92 Å². The molecule has 0 bridgehead atoms. The van der Waals surface area contributed by atoms with Gasteiger partial charge in [-0.2, -0.15) is 0 Å². The average molecular weight is 414 g/mol. The Morgan fingerprint density at radius 2 is 1.75 bits per heavy atom. The van der Waals surface area contributed by atoms with Gasteiger partial charge in [-0.05, 0) is 29.8 Å². The molecule has 3 rings (SSSR count). The molecule has 28 heavy (non-hydrogen) atoms. The van der Waals surface area contributed by atoms with E-state index in [2.05, 4.69) is 21.7 Å². The molecule has 146 valence electrons. The molecule has 0 aliphatic carbocycles. The summed E-state index contributed by atoms with van der Waals surface area (Å²) in [6, 6.07) is 15.7. The molecule has 0 unspecified atom stereocenters. The smallest absolute Gasteiger partial charge is 0.251 e. The van der Waals surface area contributed by atoms with Crippen molar-refractivity contribution in [3.63, 3.8) is 0 Å². The number of thiazole rings is 1. The molecule has 5 nitrogen and oxygen atoms in total. The molecule has 0 spiro atoms. The van der Waals surface area contributed by atoms with Gasteiger partial charge in [0.2, 0.25) is 5.91 Å². The molecule has 0 aliphatic heterocycles. The molecule has 7 heteroatoms. The summed E-state index contributed by atoms with van der Waals surface area (Å²) in [6.07, 6.45) is 0. The van der Waals surface area contributed by atoms with Crippen molar-refractivity contribution in [1.29, 1.82) is 0 Å². The van der Waals surface area contributed by atoms with E-state index in [0.29, 0.717) is 18.7 Å². The Hall–Kier alpha value is -2.38. The first-order valence-corrected chi connectivity index (χ1v) is 11.0. The fourth-order valence-electron chi connectivity index (χ4n) is 2.48. The van der Waals surface area contributed by atoms with Crippen LogP contribution in [0.5, 0.6) is 0 Å². The molecule has 0 atom stereocenters. The third-order valence-corrected chi connectivity index (χ3v) is 6.34. The average Bonchev–Trinajstić information content (AvgIpc) is 3.12. The quantitative estimate of drug-likeness (QED) is 0.431. The molecule has 0 aliphatic rings. The predicted molar refractivity (Wildman–Crippen MR) is 116 cm³/mol. The number of thioether (sulfide) groups is 1. The largest absolute Gasteiger partial charge is 0.354 e. The fourth-order valence-corrected chi connectivity index (χ4v) is 4.50. The lowest BCUT2D eigenvalue weighted by Crippen LogP contribution is -2.36. The Bertz CT molecular complexity index is 919. The lowest BCUT2D eigenvalue weighted by atomic mass is 10.1. The van der Waals surface area contributed by atoms with Gasteiger partial charge in [-0.15, -0.1) is 11.3 Å². The number of nitrogens with one attached hydrogen (secondary N) is 2. The molecular weight excluding hydrogens is 390 g/mol. The Morgan fingerprint density at radius 3 is 2.46 bits per heavy atom. The van der Waals surface area contributed by atoms with Crippen LogP contribution >= 0.6 is 23.1 Å². The second kappa shape index (κ2) is 9.71. The second-order valence-corrected chi connectivity index (χ2v) is 8.89. The lowest BCUT2D eigenvalue weighted by Gasteiger charge is -2.09. The Labute approximate surface area is 172 Å². The van der Waals surface area contributed by atoms with Gasteiger partial charge in [0, 0.05) is 30.3 Å². The van der Waals surface area contributed by atoms with Gasteiger partial charge >= 0.3 is 0 Å². The third kappa shape index (κ3) is 5.56. The number of benzene rings is 2. The van der Waals surface area contributed by atoms with Crippen molar-refractivity contribution in [1.82, 2.24) is 15.6 Å². The number of para-hydroxylation sites is 1. The molecule has 2 amide bonds. The molecule has 2 N–H and O–H groups in total. The fraction of sp³-hybridized carbons (Fsp3) is 0.286. The van der Waals surface area contributed by atoms with Gasteiger partial charge in [-0.3, -0.25) is 9.59 Å². The van der Waals surface area contributed by atoms with Crippen LogP contribution in [0.1, 0.15) is 29.8 Å². The summed E-state index contributed by atoms with van der Waals surface area (Å²) < 4.78 is 2.24. The monoisotopic (exact) mass is 413 g/mol. The van der Waals surface area contributed by atoms with Crippen LogP contribution in [0.25, 0.3) is 10.2 Å². The van der Waals surface area contributed by atoms with Gasteiger partial charge in [0.05, 0.1) is 10.2 Å². The molecule has 0 radical (unpaired) electrons. The summed E-state index contributed by atoms with van der Waals surface area (Å²) in [6.45, 7) is 4.52. The molecule has 1 heterocycles. The number of aromatic nitrogens is 1. The van der Waals surface area contributed by atoms with Crippen molar-refractivity contribution in [3.05, 3.63) is 59.7 Å². The van der Waals surface area contributed by atoms with E-state index in [1.54, 1.807) is 23.1 Å². The summed E-state index contributed by atoms with van der Waals surface area (Å²) in [4.78, 5) is 28.3. The van der Waals surface area contributed by atoms with Gasteiger partial charge in [0.1, 0.15) is 0 Å². The van der Waals surface area contributed by atoms with Crippen LogP contribution < -0.4 is 10.6 Å². The number of carbonyl (C=O) groups is 2. The Balaban J connectivity index is 1.46. The molecule has 2 aromatic carbocycles. The minimum absolute atomic E-state index is 0.00997. The standard InChI is InChI=1S/C21H23N3O2S2/c1-14(2)19(25)22-11-12-23-20(26)16-9-7-15(8-10-16)13-27-21-24-17-5-3-4-6-18(17)28-21/h3-10,14H,11-13H2,1-2H3,(H,22,25)(H,23,26). The van der Waals surface area contributed by atoms with Crippen molar-refractivity contribution in [2.75, 3.05) is 13.1 Å². The SMILES string of the molecule is CC(C)C(=O)NCCNC(=O)c1ccc(CSc2nc3ccccc3s2)cc1. The van der Waals surface area contributed by atoms with E-state index in [9.17, 15) is 9.59 Å². The zero-order valence-corrected chi connectivity index (χ0v) is 17.5. The number of nitrogens with zero attached hydrogens (tertiary/aromatic N) is 1. The number of rotatable bonds is 8. The van der Waals surface area contributed by atoms with Gasteiger partial charge in [0.25, 0.3) is 5.91 Å². The number of hydrogen-bond acceptors (Lipinski definition) is 5. The number of hydrogen-bond donors (Lipinski definition) is 2. The van der Waals surface area contributed by atoms with Crippen LogP contribution in [0.15, 0.2) is 52.9 Å². The lowest BCUT2D eigenvalue weighted by molar-refractivity contribution is -0.123. The maximum Gasteiger partial charge on any atom is 0.251 e. The first-order chi connectivity index (χ1) is 13.5. The Morgan fingerprint density at radius 1 is 1.04 bits per heavy atom. The van der Waals surface area contributed by atoms with E-state index in [-0.39, 0.29) is 17.7 Å². The number of amides is 2. The van der Waals surface area contributed by atoms with Gasteiger partial charge in [0.15, 0.2) is 4.34 Å². The summed E-state index contributed by atoms with van der Waals surface area (Å²) in [7, 11) is 0. The Kier molecular flexibility index (Phi) is 7.06. The maximum absolute atomic E-state index is 12.2. The van der Waals surface area contributed by atoms with Gasteiger partial charge in [-0.25, -0.2) is 4.98 Å². The third-order valence-electron chi connectivity index (χ3n) is 4.09. The van der Waals surface area contributed by atoms with Crippen LogP contribution in [0.2, 0.25) is 0 Å². The van der Waals surface area contributed by atoms with E-state index < -0.39 is 0 Å². The van der Waals surface area contributed by atoms with E-state index in [1.165, 1.54) is 4.70 Å². The van der Waals surface area contributed by atoms with Crippen LogP contribution in [0.4, 0.5) is 0 Å². The zero-order chi connectivity index (χ0) is 19.9. The summed E-state index contributed by atoms with van der Waals surface area (Å²) >= 11 is 3.40. The molecular formula is C21H23N3O2S2. The predicted octanol–water partition coefficient (Wildman–Crippen LogP) is 4.09. The summed E-state index contributed by atoms with van der Waals surface area (Å²) in [5.41, 5.74) is 2.79. The van der Waals surface area contributed by atoms with E-state index >= 15 is 0 Å². The summed E-state index contributed by atoms with van der Waals surface area (Å²) in [5.74, 6) is 0.612. The number of fused-ring (bicyclic) bond motifs is 1. The minimum Gasteiger partial charge on any atom is -0.354 e. The highest BCUT2D eigenvalue weighted by Gasteiger charge is 2.08. The van der Waals surface area contributed by atoms with Crippen molar-refractivity contribution >= 4 is 45.1 Å². The molecule has 0 fully saturated rings. The highest BCUT2D eigenvalue weighted by atomic mass is 32.2. The van der Waals surface area contributed by atoms with E-state index in [4.69, 9.17) is 0 Å². The van der Waals surface area contributed by atoms with E-state index in [1.807, 2.05) is 56.3 Å². The van der Waals surface area contributed by atoms with Crippen LogP contribution in [0.3, 0.4) is 0 Å². The minimum atomic E-state index is -0.135. The normalized spacial score (nSPS) is 11.0. The van der Waals surface area contributed by atoms with Crippen molar-refractivity contribution < 1.29 is 9.59 Å².